The quantitative estimate of drug-likeness (QED) is 0.575. The molecule has 4 rings (SSSR count). The number of hydrogen-bond donors (Lipinski definition) is 2. The first-order chi connectivity index (χ1) is 13.5. The molecule has 0 spiro atoms. The van der Waals surface area contributed by atoms with Gasteiger partial charge in [-0.2, -0.15) is 0 Å². The molecule has 0 aliphatic rings. The number of aryl methyl sites for hydroxylation is 1. The van der Waals surface area contributed by atoms with Crippen molar-refractivity contribution in [3.05, 3.63) is 94.3 Å². The third-order valence-corrected chi connectivity index (χ3v) is 4.48. The number of nitrogens with two attached hydrogens (primary N) is 1. The molecule has 2 aromatic carbocycles. The van der Waals surface area contributed by atoms with Gasteiger partial charge in [-0.05, 0) is 42.8 Å². The molecule has 0 radical (unpaired) electrons. The number of nitrogens with zero attached hydrogens (tertiary/aromatic N) is 2. The molecule has 3 N–H and O–H groups in total. The SMILES string of the molecule is Cc1cc(C(N)=O)nc2c1c(=O)cc(Nc1ccccc1)n2-c1ccccc1. The lowest BCUT2D eigenvalue weighted by molar-refractivity contribution is 0.0996. The van der Waals surface area contributed by atoms with E-state index in [9.17, 15) is 9.59 Å². The van der Waals surface area contributed by atoms with Crippen molar-refractivity contribution in [2.24, 2.45) is 5.73 Å². The van der Waals surface area contributed by atoms with Gasteiger partial charge < -0.3 is 11.1 Å². The van der Waals surface area contributed by atoms with Crippen LogP contribution in [0, 0.1) is 6.92 Å². The summed E-state index contributed by atoms with van der Waals surface area (Å²) in [7, 11) is 0. The van der Waals surface area contributed by atoms with Crippen LogP contribution < -0.4 is 16.5 Å². The van der Waals surface area contributed by atoms with E-state index in [1.807, 2.05) is 65.2 Å². The number of hydrogen-bond acceptors (Lipinski definition) is 4. The van der Waals surface area contributed by atoms with Crippen LogP contribution in [0.1, 0.15) is 16.1 Å². The lowest BCUT2D eigenvalue weighted by Gasteiger charge is -2.18. The Bertz CT molecular complexity index is 1230. The van der Waals surface area contributed by atoms with Gasteiger partial charge in [0.15, 0.2) is 11.1 Å². The Kier molecular flexibility index (Phi) is 4.37. The first-order valence-corrected chi connectivity index (χ1v) is 8.79. The monoisotopic (exact) mass is 370 g/mol. The van der Waals surface area contributed by atoms with Crippen LogP contribution in [0.4, 0.5) is 11.5 Å². The van der Waals surface area contributed by atoms with E-state index in [1.54, 1.807) is 19.1 Å². The van der Waals surface area contributed by atoms with Crippen LogP contribution in [0.15, 0.2) is 77.6 Å². The summed E-state index contributed by atoms with van der Waals surface area (Å²) in [6, 6.07) is 22.2. The lowest BCUT2D eigenvalue weighted by atomic mass is 10.1. The Morgan fingerprint density at radius 3 is 2.29 bits per heavy atom. The predicted molar refractivity (Wildman–Crippen MR) is 110 cm³/mol. The van der Waals surface area contributed by atoms with Crippen LogP contribution in [-0.4, -0.2) is 15.5 Å². The minimum absolute atomic E-state index is 0.117. The van der Waals surface area contributed by atoms with Gasteiger partial charge in [0, 0.05) is 17.4 Å². The molecule has 6 nitrogen and oxygen atoms in total. The molecule has 6 heteroatoms. The zero-order valence-corrected chi connectivity index (χ0v) is 15.2. The number of para-hydroxylation sites is 2. The molecule has 2 heterocycles. The summed E-state index contributed by atoms with van der Waals surface area (Å²) in [5.41, 5.74) is 8.06. The number of pyridine rings is 2. The summed E-state index contributed by atoms with van der Waals surface area (Å²) in [5, 5.41) is 3.73. The number of rotatable bonds is 4. The molecule has 0 atom stereocenters. The van der Waals surface area contributed by atoms with E-state index in [0.717, 1.165) is 11.4 Å². The van der Waals surface area contributed by atoms with Gasteiger partial charge in [0.25, 0.3) is 5.91 Å². The Labute approximate surface area is 161 Å². The standard InChI is InChI=1S/C22H18N4O2/c1-14-12-17(21(23)28)25-22-20(14)18(27)13-19(24-15-8-4-2-5-9-15)26(22)16-10-6-3-7-11-16/h2-13,24H,1H3,(H2,23,28). The maximum absolute atomic E-state index is 12.9. The number of primary amides is 1. The summed E-state index contributed by atoms with van der Waals surface area (Å²) < 4.78 is 1.82. The third-order valence-electron chi connectivity index (χ3n) is 4.48. The fraction of sp³-hybridized carbons (Fsp3) is 0.0455. The molecular formula is C22H18N4O2. The van der Waals surface area contributed by atoms with Crippen molar-refractivity contribution in [2.45, 2.75) is 6.92 Å². The van der Waals surface area contributed by atoms with Crippen LogP contribution in [0.2, 0.25) is 0 Å². The van der Waals surface area contributed by atoms with Crippen molar-refractivity contribution in [3.63, 3.8) is 0 Å². The van der Waals surface area contributed by atoms with Gasteiger partial charge in [-0.25, -0.2) is 4.98 Å². The molecule has 0 bridgehead atoms. The molecule has 28 heavy (non-hydrogen) atoms. The second kappa shape index (κ2) is 7.00. The molecule has 1 amide bonds. The number of benzene rings is 2. The summed E-state index contributed by atoms with van der Waals surface area (Å²) in [6.07, 6.45) is 0. The number of carbonyl (C=O) groups excluding carboxylic acids is 1. The van der Waals surface area contributed by atoms with Crippen molar-refractivity contribution >= 4 is 28.4 Å². The van der Waals surface area contributed by atoms with Gasteiger partial charge in [0.05, 0.1) is 5.39 Å². The van der Waals surface area contributed by atoms with Crippen LogP contribution in [0.5, 0.6) is 0 Å². The minimum atomic E-state index is -0.640. The van der Waals surface area contributed by atoms with E-state index in [4.69, 9.17) is 5.73 Å². The molecule has 138 valence electrons. The highest BCUT2D eigenvalue weighted by molar-refractivity contribution is 5.95. The largest absolute Gasteiger partial charge is 0.364 e. The maximum atomic E-state index is 12.9. The zero-order chi connectivity index (χ0) is 19.7. The molecule has 0 fully saturated rings. The number of nitrogens with one attached hydrogen (secondary N) is 1. The third kappa shape index (κ3) is 3.12. The molecular weight excluding hydrogens is 352 g/mol. The van der Waals surface area contributed by atoms with Crippen molar-refractivity contribution in [1.82, 2.24) is 9.55 Å². The number of fused-ring (bicyclic) bond motifs is 1. The Morgan fingerprint density at radius 2 is 1.64 bits per heavy atom. The number of amides is 1. The van der Waals surface area contributed by atoms with Gasteiger partial charge in [0.1, 0.15) is 11.5 Å². The summed E-state index contributed by atoms with van der Waals surface area (Å²) in [5.74, 6) is -0.0955. The molecule has 0 unspecified atom stereocenters. The van der Waals surface area contributed by atoms with E-state index < -0.39 is 5.91 Å². The van der Waals surface area contributed by atoms with Gasteiger partial charge >= 0.3 is 0 Å². The van der Waals surface area contributed by atoms with E-state index >= 15 is 0 Å². The normalized spacial score (nSPS) is 10.8. The smallest absolute Gasteiger partial charge is 0.267 e. The minimum Gasteiger partial charge on any atom is -0.364 e. The predicted octanol–water partition coefficient (Wildman–Crippen LogP) is 3.54. The topological polar surface area (TPSA) is 90.0 Å². The van der Waals surface area contributed by atoms with Gasteiger partial charge in [-0.1, -0.05) is 36.4 Å². The first-order valence-electron chi connectivity index (χ1n) is 8.79. The molecule has 2 aromatic heterocycles. The highest BCUT2D eigenvalue weighted by atomic mass is 16.1. The van der Waals surface area contributed by atoms with Gasteiger partial charge in [0.2, 0.25) is 0 Å². The van der Waals surface area contributed by atoms with Crippen LogP contribution in [-0.2, 0) is 0 Å². The average Bonchev–Trinajstić information content (AvgIpc) is 2.69. The molecule has 0 aliphatic carbocycles. The van der Waals surface area contributed by atoms with Crippen molar-refractivity contribution in [2.75, 3.05) is 5.32 Å². The summed E-state index contributed by atoms with van der Waals surface area (Å²) in [4.78, 5) is 29.1. The molecule has 4 aromatic rings. The fourth-order valence-electron chi connectivity index (χ4n) is 3.22. The second-order valence-corrected chi connectivity index (χ2v) is 6.44. The Morgan fingerprint density at radius 1 is 1.00 bits per heavy atom. The second-order valence-electron chi connectivity index (χ2n) is 6.44. The zero-order valence-electron chi connectivity index (χ0n) is 15.2. The van der Waals surface area contributed by atoms with Gasteiger partial charge in [-0.15, -0.1) is 0 Å². The highest BCUT2D eigenvalue weighted by Crippen LogP contribution is 2.25. The number of carbonyl (C=O) groups is 1. The molecule has 0 aliphatic heterocycles. The van der Waals surface area contributed by atoms with Crippen LogP contribution >= 0.6 is 0 Å². The summed E-state index contributed by atoms with van der Waals surface area (Å²) >= 11 is 0. The Hall–Kier alpha value is -3.93. The maximum Gasteiger partial charge on any atom is 0.267 e. The number of anilines is 2. The average molecular weight is 370 g/mol. The van der Waals surface area contributed by atoms with Crippen molar-refractivity contribution in [3.8, 4) is 5.69 Å². The van der Waals surface area contributed by atoms with Crippen LogP contribution in [0.25, 0.3) is 16.7 Å². The number of aromatic nitrogens is 2. The highest BCUT2D eigenvalue weighted by Gasteiger charge is 2.17. The molecule has 0 saturated heterocycles. The van der Waals surface area contributed by atoms with Crippen molar-refractivity contribution < 1.29 is 4.79 Å². The van der Waals surface area contributed by atoms with E-state index in [-0.39, 0.29) is 11.1 Å². The fourth-order valence-corrected chi connectivity index (χ4v) is 3.22. The van der Waals surface area contributed by atoms with E-state index in [1.165, 1.54) is 0 Å². The Balaban J connectivity index is 2.08. The molecule has 0 saturated carbocycles. The lowest BCUT2D eigenvalue weighted by Crippen LogP contribution is -2.18. The summed E-state index contributed by atoms with van der Waals surface area (Å²) in [6.45, 7) is 1.78. The van der Waals surface area contributed by atoms with E-state index in [0.29, 0.717) is 22.4 Å². The van der Waals surface area contributed by atoms with E-state index in [2.05, 4.69) is 10.3 Å². The first kappa shape index (κ1) is 17.5. The van der Waals surface area contributed by atoms with Gasteiger partial charge in [-0.3, -0.25) is 14.2 Å². The van der Waals surface area contributed by atoms with Crippen molar-refractivity contribution in [1.29, 1.82) is 0 Å². The van der Waals surface area contributed by atoms with Crippen LogP contribution in [0.3, 0.4) is 0 Å².